The van der Waals surface area contributed by atoms with Crippen molar-refractivity contribution in [1.29, 1.82) is 0 Å². The van der Waals surface area contributed by atoms with E-state index in [1.165, 1.54) is 22.5 Å². The second-order valence-corrected chi connectivity index (χ2v) is 7.77. The Kier molecular flexibility index (Phi) is 9.53. The van der Waals surface area contributed by atoms with E-state index in [-0.39, 0.29) is 30.2 Å². The summed E-state index contributed by atoms with van der Waals surface area (Å²) in [7, 11) is -3.38. The molecular weight excluding hydrogens is 397 g/mol. The summed E-state index contributed by atoms with van der Waals surface area (Å²) in [4.78, 5) is 4.22. The zero-order chi connectivity index (χ0) is 21.2. The average Bonchev–Trinajstić information content (AvgIpc) is 2.60. The van der Waals surface area contributed by atoms with E-state index in [1.807, 2.05) is 6.92 Å². The minimum atomic E-state index is -4.79. The molecule has 28 heavy (non-hydrogen) atoms. The molecule has 0 aromatic heterocycles. The monoisotopic (exact) mass is 424 g/mol. The summed E-state index contributed by atoms with van der Waals surface area (Å²) in [5.74, 6) is -0.134. The number of nitrogens with zero attached hydrogens (tertiary/aromatic N) is 2. The van der Waals surface area contributed by atoms with Gasteiger partial charge in [0.1, 0.15) is 5.75 Å². The van der Waals surface area contributed by atoms with Crippen LogP contribution in [0, 0.1) is 0 Å². The fourth-order valence-corrected chi connectivity index (χ4v) is 3.81. The van der Waals surface area contributed by atoms with Crippen LogP contribution in [0.25, 0.3) is 0 Å². The summed E-state index contributed by atoms with van der Waals surface area (Å²) in [5.41, 5.74) is 0.257. The maximum Gasteiger partial charge on any atom is 0.573 e. The van der Waals surface area contributed by atoms with Crippen LogP contribution >= 0.6 is 0 Å². The Labute approximate surface area is 164 Å². The molecule has 0 saturated heterocycles. The Morgan fingerprint density at radius 2 is 1.79 bits per heavy atom. The van der Waals surface area contributed by atoms with Gasteiger partial charge in [0.15, 0.2) is 5.96 Å². The number of nitrogens with one attached hydrogen (secondary N) is 2. The van der Waals surface area contributed by atoms with Gasteiger partial charge in [0.2, 0.25) is 10.0 Å². The number of rotatable bonds is 10. The van der Waals surface area contributed by atoms with Crippen LogP contribution < -0.4 is 15.4 Å². The van der Waals surface area contributed by atoms with Crippen molar-refractivity contribution in [2.24, 2.45) is 4.99 Å². The summed E-state index contributed by atoms with van der Waals surface area (Å²) >= 11 is 0. The largest absolute Gasteiger partial charge is 0.573 e. The second-order valence-electron chi connectivity index (χ2n) is 5.68. The Morgan fingerprint density at radius 1 is 1.14 bits per heavy atom. The van der Waals surface area contributed by atoms with E-state index < -0.39 is 16.4 Å². The molecule has 0 aliphatic rings. The number of alkyl halides is 3. The van der Waals surface area contributed by atoms with Crippen LogP contribution in [0.2, 0.25) is 0 Å². The molecule has 1 rings (SSSR count). The molecule has 0 radical (unpaired) electrons. The first-order valence-corrected chi connectivity index (χ1v) is 10.6. The van der Waals surface area contributed by atoms with Gasteiger partial charge in [0.25, 0.3) is 0 Å². The first-order chi connectivity index (χ1) is 13.1. The van der Waals surface area contributed by atoms with Gasteiger partial charge in [-0.1, -0.05) is 32.0 Å². The maximum absolute atomic E-state index is 12.5. The highest BCUT2D eigenvalue weighted by atomic mass is 32.2. The fraction of sp³-hybridized carbons (Fsp3) is 0.588. The van der Waals surface area contributed by atoms with Gasteiger partial charge in [0, 0.05) is 31.7 Å². The second kappa shape index (κ2) is 11.1. The number of ether oxygens (including phenoxy) is 1. The molecule has 0 saturated carbocycles. The highest BCUT2D eigenvalue weighted by molar-refractivity contribution is 7.89. The third kappa shape index (κ3) is 8.34. The number of halogens is 3. The molecule has 0 amide bonds. The quantitative estimate of drug-likeness (QED) is 0.445. The molecule has 0 fully saturated rings. The van der Waals surface area contributed by atoms with E-state index in [0.717, 1.165) is 0 Å². The molecule has 0 atom stereocenters. The van der Waals surface area contributed by atoms with Crippen LogP contribution in [0.4, 0.5) is 13.2 Å². The number of hydrogen-bond donors (Lipinski definition) is 2. The van der Waals surface area contributed by atoms with Crippen LogP contribution in [0.1, 0.15) is 26.3 Å². The van der Waals surface area contributed by atoms with E-state index >= 15 is 0 Å². The van der Waals surface area contributed by atoms with Gasteiger partial charge >= 0.3 is 6.36 Å². The fourth-order valence-electron chi connectivity index (χ4n) is 2.41. The van der Waals surface area contributed by atoms with Crippen LogP contribution in [-0.4, -0.2) is 57.0 Å². The predicted octanol–water partition coefficient (Wildman–Crippen LogP) is 2.31. The molecule has 0 aliphatic carbocycles. The number of hydrogen-bond acceptors (Lipinski definition) is 4. The third-order valence-corrected chi connectivity index (χ3v) is 5.72. The van der Waals surface area contributed by atoms with E-state index in [1.54, 1.807) is 19.9 Å². The third-order valence-electron chi connectivity index (χ3n) is 3.70. The van der Waals surface area contributed by atoms with Gasteiger partial charge in [-0.2, -0.15) is 0 Å². The van der Waals surface area contributed by atoms with Crippen molar-refractivity contribution in [2.45, 2.75) is 33.7 Å². The van der Waals surface area contributed by atoms with Gasteiger partial charge < -0.3 is 15.4 Å². The predicted molar refractivity (Wildman–Crippen MR) is 103 cm³/mol. The molecule has 7 nitrogen and oxygen atoms in total. The van der Waals surface area contributed by atoms with E-state index in [9.17, 15) is 21.6 Å². The summed E-state index contributed by atoms with van der Waals surface area (Å²) < 4.78 is 67.3. The first-order valence-electron chi connectivity index (χ1n) is 8.96. The number of para-hydroxylation sites is 1. The smallest absolute Gasteiger partial charge is 0.405 e. The summed E-state index contributed by atoms with van der Waals surface area (Å²) in [5, 5.41) is 5.82. The van der Waals surface area contributed by atoms with Crippen molar-refractivity contribution in [3.05, 3.63) is 29.8 Å². The minimum Gasteiger partial charge on any atom is -0.405 e. The highest BCUT2D eigenvalue weighted by Gasteiger charge is 2.31. The van der Waals surface area contributed by atoms with Crippen LogP contribution in [0.3, 0.4) is 0 Å². The SMILES string of the molecule is CCNC(=NCc1ccccc1OC(F)(F)F)NCCS(=O)(=O)N(CC)CC. The maximum atomic E-state index is 12.5. The molecule has 1 aromatic rings. The molecule has 0 unspecified atom stereocenters. The topological polar surface area (TPSA) is 83.0 Å². The van der Waals surface area contributed by atoms with Gasteiger partial charge in [-0.05, 0) is 13.0 Å². The number of guanidine groups is 1. The molecule has 11 heteroatoms. The molecule has 0 bridgehead atoms. The van der Waals surface area contributed by atoms with Gasteiger partial charge in [-0.15, -0.1) is 13.2 Å². The molecule has 160 valence electrons. The summed E-state index contributed by atoms with van der Waals surface area (Å²) in [6.07, 6.45) is -4.79. The number of aliphatic imine (C=N–C) groups is 1. The zero-order valence-electron chi connectivity index (χ0n) is 16.2. The van der Waals surface area contributed by atoms with E-state index in [2.05, 4.69) is 20.4 Å². The van der Waals surface area contributed by atoms with Crippen molar-refractivity contribution < 1.29 is 26.3 Å². The lowest BCUT2D eigenvalue weighted by atomic mass is 10.2. The normalized spacial score (nSPS) is 12.9. The van der Waals surface area contributed by atoms with Crippen molar-refractivity contribution in [1.82, 2.24) is 14.9 Å². The Morgan fingerprint density at radius 3 is 2.36 bits per heavy atom. The van der Waals surface area contributed by atoms with Gasteiger partial charge in [-0.3, -0.25) is 0 Å². The molecule has 0 spiro atoms. The lowest BCUT2D eigenvalue weighted by Crippen LogP contribution is -2.42. The molecule has 0 aliphatic heterocycles. The van der Waals surface area contributed by atoms with E-state index in [0.29, 0.717) is 25.6 Å². The molecule has 2 N–H and O–H groups in total. The van der Waals surface area contributed by atoms with Crippen molar-refractivity contribution in [2.75, 3.05) is 31.9 Å². The average molecular weight is 424 g/mol. The molecular formula is C17H27F3N4O3S. The zero-order valence-corrected chi connectivity index (χ0v) is 17.0. The van der Waals surface area contributed by atoms with Crippen molar-refractivity contribution in [3.8, 4) is 5.75 Å². The lowest BCUT2D eigenvalue weighted by Gasteiger charge is -2.19. The Hall–Kier alpha value is -2.01. The molecule has 0 heterocycles. The number of sulfonamides is 1. The van der Waals surface area contributed by atoms with Crippen LogP contribution in [0.5, 0.6) is 5.75 Å². The standard InChI is InChI=1S/C17H27F3N4O3S/c1-4-21-16(22-11-12-28(25,26)24(5-2)6-3)23-13-14-9-7-8-10-15(14)27-17(18,19)20/h7-10H,4-6,11-13H2,1-3H3,(H2,21,22,23). The number of benzene rings is 1. The highest BCUT2D eigenvalue weighted by Crippen LogP contribution is 2.26. The van der Waals surface area contributed by atoms with Gasteiger partial charge in [-0.25, -0.2) is 17.7 Å². The summed E-state index contributed by atoms with van der Waals surface area (Å²) in [6.45, 7) is 6.70. The van der Waals surface area contributed by atoms with Gasteiger partial charge in [0.05, 0.1) is 12.3 Å². The summed E-state index contributed by atoms with van der Waals surface area (Å²) in [6, 6.07) is 5.73. The Balaban J connectivity index is 2.78. The van der Waals surface area contributed by atoms with Crippen LogP contribution in [0.15, 0.2) is 29.3 Å². The first kappa shape index (κ1) is 24.0. The van der Waals surface area contributed by atoms with E-state index in [4.69, 9.17) is 0 Å². The van der Waals surface area contributed by atoms with Crippen molar-refractivity contribution in [3.63, 3.8) is 0 Å². The van der Waals surface area contributed by atoms with Crippen molar-refractivity contribution >= 4 is 16.0 Å². The van der Waals surface area contributed by atoms with Crippen LogP contribution in [-0.2, 0) is 16.6 Å². The minimum absolute atomic E-state index is 0.0651. The Bertz CT molecular complexity index is 735. The molecule has 1 aromatic carbocycles. The lowest BCUT2D eigenvalue weighted by molar-refractivity contribution is -0.274.